The zero-order valence-electron chi connectivity index (χ0n) is 17.3. The summed E-state index contributed by atoms with van der Waals surface area (Å²) in [5.41, 5.74) is 0.779. The molecule has 0 aromatic heterocycles. The zero-order chi connectivity index (χ0) is 20.2. The third-order valence-electron chi connectivity index (χ3n) is 8.03. The van der Waals surface area contributed by atoms with E-state index in [1.165, 1.54) is 19.3 Å². The van der Waals surface area contributed by atoms with E-state index in [1.807, 2.05) is 36.2 Å². The number of carbonyl (C=O) groups excluding carboxylic acids is 2. The summed E-state index contributed by atoms with van der Waals surface area (Å²) < 4.78 is 0. The van der Waals surface area contributed by atoms with Gasteiger partial charge in [-0.05, 0) is 80.8 Å². The van der Waals surface area contributed by atoms with Gasteiger partial charge in [-0.2, -0.15) is 0 Å². The van der Waals surface area contributed by atoms with E-state index in [-0.39, 0.29) is 17.4 Å². The number of benzene rings is 1. The molecule has 1 saturated heterocycles. The minimum Gasteiger partial charge on any atom is -0.340 e. The van der Waals surface area contributed by atoms with E-state index in [0.717, 1.165) is 62.0 Å². The summed E-state index contributed by atoms with van der Waals surface area (Å²) in [6, 6.07) is 7.35. The Morgan fingerprint density at radius 2 is 1.72 bits per heavy atom. The molecule has 1 aromatic carbocycles. The van der Waals surface area contributed by atoms with Crippen molar-refractivity contribution in [1.29, 1.82) is 0 Å². The Hall–Kier alpha value is -1.55. The highest BCUT2D eigenvalue weighted by molar-refractivity contribution is 6.31. The van der Waals surface area contributed by atoms with Crippen LogP contribution in [0.2, 0.25) is 5.02 Å². The van der Waals surface area contributed by atoms with Gasteiger partial charge in [-0.25, -0.2) is 0 Å². The van der Waals surface area contributed by atoms with Gasteiger partial charge < -0.3 is 9.80 Å². The first kappa shape index (κ1) is 19.4. The summed E-state index contributed by atoms with van der Waals surface area (Å²) in [6.45, 7) is 1.21. The van der Waals surface area contributed by atoms with Gasteiger partial charge in [0, 0.05) is 25.2 Å². The predicted molar refractivity (Wildman–Crippen MR) is 113 cm³/mol. The number of halogens is 1. The van der Waals surface area contributed by atoms with Crippen LogP contribution in [0.1, 0.15) is 56.9 Å². The molecule has 1 atom stereocenters. The van der Waals surface area contributed by atoms with Crippen LogP contribution in [-0.2, 0) is 16.1 Å². The third kappa shape index (κ3) is 3.37. The smallest absolute Gasteiger partial charge is 0.245 e. The Morgan fingerprint density at radius 1 is 1.10 bits per heavy atom. The van der Waals surface area contributed by atoms with Crippen LogP contribution >= 0.6 is 11.6 Å². The second kappa shape index (κ2) is 7.30. The number of hydrogen-bond donors (Lipinski definition) is 0. The maximum atomic E-state index is 13.8. The average molecular weight is 415 g/mol. The molecule has 2 amide bonds. The van der Waals surface area contributed by atoms with E-state index in [4.69, 9.17) is 11.6 Å². The monoisotopic (exact) mass is 414 g/mol. The van der Waals surface area contributed by atoms with E-state index < -0.39 is 0 Å². The summed E-state index contributed by atoms with van der Waals surface area (Å²) in [5.74, 6) is 2.57. The van der Waals surface area contributed by atoms with Gasteiger partial charge in [0.2, 0.25) is 11.8 Å². The lowest BCUT2D eigenvalue weighted by atomic mass is 9.49. The summed E-state index contributed by atoms with van der Waals surface area (Å²) in [5, 5.41) is 0.681. The molecule has 29 heavy (non-hydrogen) atoms. The van der Waals surface area contributed by atoms with Crippen molar-refractivity contribution in [2.75, 3.05) is 13.6 Å². The van der Waals surface area contributed by atoms with Crippen LogP contribution in [-0.4, -0.2) is 41.2 Å². The van der Waals surface area contributed by atoms with Crippen molar-refractivity contribution < 1.29 is 9.59 Å². The molecule has 5 fully saturated rings. The number of nitrogens with zero attached hydrogens (tertiary/aromatic N) is 2. The van der Waals surface area contributed by atoms with Crippen molar-refractivity contribution in [2.45, 2.75) is 64.0 Å². The maximum Gasteiger partial charge on any atom is 0.245 e. The molecule has 6 rings (SSSR count). The summed E-state index contributed by atoms with van der Waals surface area (Å²) in [4.78, 5) is 30.8. The molecule has 5 heteroatoms. The molecule has 0 radical (unpaired) electrons. The van der Waals surface area contributed by atoms with Crippen molar-refractivity contribution in [3.8, 4) is 0 Å². The fourth-order valence-electron chi connectivity index (χ4n) is 7.16. The average Bonchev–Trinajstić information content (AvgIpc) is 3.17. The van der Waals surface area contributed by atoms with E-state index in [9.17, 15) is 9.59 Å². The Kier molecular flexibility index (Phi) is 4.89. The maximum absolute atomic E-state index is 13.8. The van der Waals surface area contributed by atoms with Crippen molar-refractivity contribution in [2.24, 2.45) is 23.2 Å². The fourth-order valence-corrected chi connectivity index (χ4v) is 7.35. The summed E-state index contributed by atoms with van der Waals surface area (Å²) >= 11 is 6.29. The summed E-state index contributed by atoms with van der Waals surface area (Å²) in [6.07, 6.45) is 8.87. The van der Waals surface area contributed by atoms with E-state index >= 15 is 0 Å². The molecule has 1 heterocycles. The van der Waals surface area contributed by atoms with Crippen molar-refractivity contribution in [1.82, 2.24) is 9.80 Å². The molecule has 0 N–H and O–H groups in total. The topological polar surface area (TPSA) is 40.6 Å². The van der Waals surface area contributed by atoms with Crippen molar-refractivity contribution >= 4 is 23.4 Å². The summed E-state index contributed by atoms with van der Waals surface area (Å²) in [7, 11) is 1.83. The molecule has 4 aliphatic carbocycles. The fraction of sp³-hybridized carbons (Fsp3) is 0.667. The normalized spacial score (nSPS) is 35.2. The number of hydrogen-bond acceptors (Lipinski definition) is 2. The molecular weight excluding hydrogens is 384 g/mol. The van der Waals surface area contributed by atoms with E-state index in [1.54, 1.807) is 4.90 Å². The van der Waals surface area contributed by atoms with Crippen molar-refractivity contribution in [3.05, 3.63) is 34.9 Å². The standard InChI is InChI=1S/C24H31ClN2O2/c1-26(15-19-5-2-3-6-20(19)25)22(28)21-7-4-8-27(21)23(29)24-12-16-9-17(13-24)11-18(10-16)14-24/h2-3,5-6,16-18,21H,4,7-15H2,1H3/t16?,17?,18?,21-,24?/m0/s1. The van der Waals surface area contributed by atoms with Crippen LogP contribution in [0.15, 0.2) is 24.3 Å². The predicted octanol–water partition coefficient (Wildman–Crippen LogP) is 4.51. The van der Waals surface area contributed by atoms with Crippen LogP contribution < -0.4 is 0 Å². The van der Waals surface area contributed by atoms with Crippen LogP contribution in [0.3, 0.4) is 0 Å². The quantitative estimate of drug-likeness (QED) is 0.727. The van der Waals surface area contributed by atoms with Gasteiger partial charge >= 0.3 is 0 Å². The second-order valence-corrected chi connectivity index (χ2v) is 10.5. The highest BCUT2D eigenvalue weighted by Crippen LogP contribution is 2.60. The number of carbonyl (C=O) groups is 2. The first-order chi connectivity index (χ1) is 13.9. The van der Waals surface area contributed by atoms with E-state index in [2.05, 4.69) is 0 Å². The molecule has 0 spiro atoms. The Bertz CT molecular complexity index is 788. The van der Waals surface area contributed by atoms with Gasteiger partial charge in [-0.15, -0.1) is 0 Å². The Balaban J connectivity index is 1.31. The van der Waals surface area contributed by atoms with Crippen LogP contribution in [0.5, 0.6) is 0 Å². The zero-order valence-corrected chi connectivity index (χ0v) is 18.0. The van der Waals surface area contributed by atoms with Gasteiger partial charge in [0.1, 0.15) is 6.04 Å². The molecule has 4 bridgehead atoms. The molecule has 4 saturated carbocycles. The van der Waals surface area contributed by atoms with Gasteiger partial charge in [-0.3, -0.25) is 9.59 Å². The molecular formula is C24H31ClN2O2. The minimum absolute atomic E-state index is 0.0560. The first-order valence-electron chi connectivity index (χ1n) is 11.2. The lowest BCUT2D eigenvalue weighted by Gasteiger charge is -2.56. The number of likely N-dealkylation sites (tertiary alicyclic amines) is 1. The number of likely N-dealkylation sites (N-methyl/N-ethyl adjacent to an activating group) is 1. The third-order valence-corrected chi connectivity index (χ3v) is 8.40. The van der Waals surface area contributed by atoms with E-state index in [0.29, 0.717) is 17.5 Å². The van der Waals surface area contributed by atoms with Crippen molar-refractivity contribution in [3.63, 3.8) is 0 Å². The molecule has 4 nitrogen and oxygen atoms in total. The number of rotatable bonds is 4. The second-order valence-electron chi connectivity index (χ2n) is 10.1. The minimum atomic E-state index is -0.303. The lowest BCUT2D eigenvalue weighted by molar-refractivity contribution is -0.161. The van der Waals surface area contributed by atoms with Gasteiger partial charge in [0.25, 0.3) is 0 Å². The largest absolute Gasteiger partial charge is 0.340 e. The molecule has 1 aliphatic heterocycles. The molecule has 5 aliphatic rings. The molecule has 156 valence electrons. The number of amides is 2. The van der Waals surface area contributed by atoms with Gasteiger partial charge in [0.15, 0.2) is 0 Å². The lowest BCUT2D eigenvalue weighted by Crippen LogP contribution is -2.57. The molecule has 0 unspecified atom stereocenters. The van der Waals surface area contributed by atoms with Gasteiger partial charge in [-0.1, -0.05) is 29.8 Å². The van der Waals surface area contributed by atoms with Gasteiger partial charge in [0.05, 0.1) is 5.41 Å². The Labute approximate surface area is 178 Å². The van der Waals surface area contributed by atoms with Crippen LogP contribution in [0.25, 0.3) is 0 Å². The highest BCUT2D eigenvalue weighted by Gasteiger charge is 2.56. The van der Waals surface area contributed by atoms with Crippen LogP contribution in [0.4, 0.5) is 0 Å². The Morgan fingerprint density at radius 3 is 2.34 bits per heavy atom. The SMILES string of the molecule is CN(Cc1ccccc1Cl)C(=O)[C@@H]1CCCN1C(=O)C12CC3CC(CC(C3)C1)C2. The first-order valence-corrected chi connectivity index (χ1v) is 11.6. The highest BCUT2D eigenvalue weighted by atomic mass is 35.5. The molecule has 1 aromatic rings. The van der Waals surface area contributed by atoms with Crippen LogP contribution in [0, 0.1) is 23.2 Å².